The number of halogens is 1. The molecule has 0 amide bonds. The fourth-order valence-corrected chi connectivity index (χ4v) is 6.00. The van der Waals surface area contributed by atoms with Gasteiger partial charge in [0.2, 0.25) is 10.0 Å². The molecule has 1 N–H and O–H groups in total. The fraction of sp³-hybridized carbons (Fsp3) is 0.348. The molecule has 0 saturated heterocycles. The Morgan fingerprint density at radius 2 is 1.80 bits per heavy atom. The maximum atomic E-state index is 14.4. The fourth-order valence-electron chi connectivity index (χ4n) is 4.27. The highest BCUT2D eigenvalue weighted by atomic mass is 32.2. The number of aromatic amines is 1. The number of nitrogens with zero attached hydrogens (tertiary/aromatic N) is 1. The Morgan fingerprint density at radius 1 is 1.07 bits per heavy atom. The lowest BCUT2D eigenvalue weighted by molar-refractivity contribution is 0.246. The molecule has 5 nitrogen and oxygen atoms in total. The molecular formula is C23H25FN2O3S. The van der Waals surface area contributed by atoms with E-state index < -0.39 is 15.8 Å². The lowest BCUT2D eigenvalue weighted by Gasteiger charge is -2.33. The molecule has 3 aromatic rings. The van der Waals surface area contributed by atoms with E-state index in [4.69, 9.17) is 0 Å². The first kappa shape index (κ1) is 20.8. The molecule has 30 heavy (non-hydrogen) atoms. The van der Waals surface area contributed by atoms with Crippen LogP contribution >= 0.6 is 0 Å². The number of H-pyrrole nitrogens is 1. The molecule has 0 spiro atoms. The number of nitrogens with one attached hydrogen (secondary N) is 1. The van der Waals surface area contributed by atoms with Gasteiger partial charge in [0.25, 0.3) is 5.56 Å². The van der Waals surface area contributed by atoms with E-state index in [0.29, 0.717) is 18.4 Å². The third-order valence-electron chi connectivity index (χ3n) is 5.90. The number of rotatable bonds is 5. The predicted octanol–water partition coefficient (Wildman–Crippen LogP) is 4.50. The van der Waals surface area contributed by atoms with E-state index in [1.807, 2.05) is 25.1 Å². The summed E-state index contributed by atoms with van der Waals surface area (Å²) in [7, 11) is -4.10. The Morgan fingerprint density at radius 3 is 2.53 bits per heavy atom. The lowest BCUT2D eigenvalue weighted by atomic mass is 9.95. The first-order chi connectivity index (χ1) is 14.4. The molecule has 0 atom stereocenters. The zero-order chi connectivity index (χ0) is 21.3. The molecule has 2 aromatic carbocycles. The summed E-state index contributed by atoms with van der Waals surface area (Å²) in [5, 5.41) is 0.844. The topological polar surface area (TPSA) is 70.2 Å². The van der Waals surface area contributed by atoms with E-state index in [9.17, 15) is 17.6 Å². The van der Waals surface area contributed by atoms with Crippen LogP contribution in [0, 0.1) is 12.7 Å². The van der Waals surface area contributed by atoms with E-state index in [1.54, 1.807) is 6.07 Å². The highest BCUT2D eigenvalue weighted by molar-refractivity contribution is 7.89. The summed E-state index contributed by atoms with van der Waals surface area (Å²) in [5.74, 6) is -0.777. The standard InChI is InChI=1S/C23H25FN2O3S/c1-16-8-7-9-17-14-18(23(27)25-22(16)17)15-26(19-10-3-2-4-11-19)30(28,29)21-13-6-5-12-20(21)24/h5-9,12-14,19H,2-4,10-11,15H2,1H3,(H,25,27). The van der Waals surface area contributed by atoms with Crippen LogP contribution in [0.5, 0.6) is 0 Å². The Hall–Kier alpha value is -2.51. The summed E-state index contributed by atoms with van der Waals surface area (Å²) in [4.78, 5) is 15.3. The van der Waals surface area contributed by atoms with Crippen molar-refractivity contribution in [1.29, 1.82) is 0 Å². The van der Waals surface area contributed by atoms with Gasteiger partial charge in [-0.3, -0.25) is 4.79 Å². The van der Waals surface area contributed by atoms with Crippen molar-refractivity contribution < 1.29 is 12.8 Å². The highest BCUT2D eigenvalue weighted by Crippen LogP contribution is 2.30. The average molecular weight is 429 g/mol. The van der Waals surface area contributed by atoms with E-state index in [0.717, 1.165) is 41.8 Å². The van der Waals surface area contributed by atoms with Gasteiger partial charge in [-0.2, -0.15) is 4.31 Å². The summed E-state index contributed by atoms with van der Waals surface area (Å²) < 4.78 is 42.7. The van der Waals surface area contributed by atoms with Crippen molar-refractivity contribution >= 4 is 20.9 Å². The van der Waals surface area contributed by atoms with Gasteiger partial charge in [-0.05, 0) is 48.9 Å². The van der Waals surface area contributed by atoms with Gasteiger partial charge < -0.3 is 4.98 Å². The molecule has 0 radical (unpaired) electrons. The molecule has 1 saturated carbocycles. The first-order valence-electron chi connectivity index (χ1n) is 10.3. The smallest absolute Gasteiger partial charge is 0.252 e. The number of pyridine rings is 1. The minimum absolute atomic E-state index is 0.0828. The van der Waals surface area contributed by atoms with Gasteiger partial charge in [0, 0.05) is 18.2 Å². The molecule has 1 heterocycles. The number of benzene rings is 2. The molecule has 1 fully saturated rings. The number of aryl methyl sites for hydroxylation is 1. The van der Waals surface area contributed by atoms with Gasteiger partial charge in [-0.25, -0.2) is 12.8 Å². The molecule has 1 aromatic heterocycles. The summed E-state index contributed by atoms with van der Waals surface area (Å²) in [6.07, 6.45) is 4.30. The van der Waals surface area contributed by atoms with Crippen LogP contribution in [0.2, 0.25) is 0 Å². The van der Waals surface area contributed by atoms with Crippen molar-refractivity contribution in [2.75, 3.05) is 0 Å². The monoisotopic (exact) mass is 428 g/mol. The second kappa shape index (κ2) is 8.32. The van der Waals surface area contributed by atoms with Crippen molar-refractivity contribution in [2.45, 2.75) is 56.5 Å². The number of para-hydroxylation sites is 1. The minimum Gasteiger partial charge on any atom is -0.321 e. The normalized spacial score (nSPS) is 15.7. The molecule has 0 aliphatic heterocycles. The molecule has 1 aliphatic rings. The van der Waals surface area contributed by atoms with Crippen molar-refractivity contribution in [1.82, 2.24) is 9.29 Å². The van der Waals surface area contributed by atoms with E-state index in [1.165, 1.54) is 22.5 Å². The van der Waals surface area contributed by atoms with Gasteiger partial charge >= 0.3 is 0 Å². The van der Waals surface area contributed by atoms with Crippen LogP contribution in [-0.4, -0.2) is 23.7 Å². The van der Waals surface area contributed by atoms with Crippen molar-refractivity contribution in [3.8, 4) is 0 Å². The summed E-state index contributed by atoms with van der Waals surface area (Å²) in [6.45, 7) is 1.83. The zero-order valence-electron chi connectivity index (χ0n) is 16.9. The quantitative estimate of drug-likeness (QED) is 0.651. The van der Waals surface area contributed by atoms with E-state index in [-0.39, 0.29) is 23.0 Å². The summed E-state index contributed by atoms with van der Waals surface area (Å²) >= 11 is 0. The maximum Gasteiger partial charge on any atom is 0.252 e. The molecule has 1 aliphatic carbocycles. The van der Waals surface area contributed by atoms with E-state index in [2.05, 4.69) is 4.98 Å². The Kier molecular flexibility index (Phi) is 5.75. The van der Waals surface area contributed by atoms with Gasteiger partial charge in [0.05, 0.1) is 5.52 Å². The number of fused-ring (bicyclic) bond motifs is 1. The molecule has 0 unspecified atom stereocenters. The molecule has 7 heteroatoms. The van der Waals surface area contributed by atoms with Crippen LogP contribution in [0.25, 0.3) is 10.9 Å². The predicted molar refractivity (Wildman–Crippen MR) is 115 cm³/mol. The van der Waals surface area contributed by atoms with Gasteiger partial charge in [0.15, 0.2) is 0 Å². The second-order valence-corrected chi connectivity index (χ2v) is 9.79. The van der Waals surface area contributed by atoms with Crippen molar-refractivity contribution in [3.63, 3.8) is 0 Å². The number of aromatic nitrogens is 1. The molecule has 4 rings (SSSR count). The lowest BCUT2D eigenvalue weighted by Crippen LogP contribution is -2.42. The zero-order valence-corrected chi connectivity index (χ0v) is 17.7. The summed E-state index contributed by atoms with van der Waals surface area (Å²) in [6, 6.07) is 12.6. The van der Waals surface area contributed by atoms with E-state index >= 15 is 0 Å². The highest BCUT2D eigenvalue weighted by Gasteiger charge is 2.34. The van der Waals surface area contributed by atoms with Crippen LogP contribution in [0.4, 0.5) is 4.39 Å². The Bertz CT molecular complexity index is 1230. The number of hydrogen-bond donors (Lipinski definition) is 1. The van der Waals surface area contributed by atoms with Crippen LogP contribution in [0.3, 0.4) is 0 Å². The third-order valence-corrected chi connectivity index (χ3v) is 7.83. The number of sulfonamides is 1. The average Bonchev–Trinajstić information content (AvgIpc) is 2.73. The first-order valence-corrected chi connectivity index (χ1v) is 11.7. The largest absolute Gasteiger partial charge is 0.321 e. The number of hydrogen-bond acceptors (Lipinski definition) is 3. The molecule has 0 bridgehead atoms. The molecular weight excluding hydrogens is 403 g/mol. The third kappa shape index (κ3) is 3.91. The minimum atomic E-state index is -4.10. The van der Waals surface area contributed by atoms with Crippen LogP contribution < -0.4 is 5.56 Å². The van der Waals surface area contributed by atoms with Crippen LogP contribution in [0.15, 0.2) is 58.2 Å². The van der Waals surface area contributed by atoms with Crippen molar-refractivity contribution in [2.24, 2.45) is 0 Å². The summed E-state index contributed by atoms with van der Waals surface area (Å²) in [5.41, 5.74) is 1.73. The van der Waals surface area contributed by atoms with Crippen molar-refractivity contribution in [3.05, 3.63) is 75.8 Å². The Balaban J connectivity index is 1.80. The second-order valence-electron chi connectivity index (χ2n) is 7.94. The van der Waals surface area contributed by atoms with Crippen LogP contribution in [0.1, 0.15) is 43.2 Å². The molecule has 158 valence electrons. The van der Waals surface area contributed by atoms with Gasteiger partial charge in [-0.1, -0.05) is 49.6 Å². The van der Waals surface area contributed by atoms with Gasteiger partial charge in [-0.15, -0.1) is 0 Å². The van der Waals surface area contributed by atoms with Crippen LogP contribution in [-0.2, 0) is 16.6 Å². The Labute approximate surface area is 175 Å². The SMILES string of the molecule is Cc1cccc2cc(CN(C3CCCCC3)S(=O)(=O)c3ccccc3F)c(=O)[nH]c12. The van der Waals surface area contributed by atoms with Gasteiger partial charge in [0.1, 0.15) is 10.7 Å². The maximum absolute atomic E-state index is 14.4.